The summed E-state index contributed by atoms with van der Waals surface area (Å²) in [7, 11) is -0.463. The largest absolute Gasteiger partial charge is 0.494 e. The van der Waals surface area contributed by atoms with Crippen LogP contribution in [-0.4, -0.2) is 18.3 Å². The fraction of sp³-hybridized carbons (Fsp3) is 0.171. The summed E-state index contributed by atoms with van der Waals surface area (Å²) in [6, 6.07) is 47.4. The van der Waals surface area contributed by atoms with Gasteiger partial charge in [0.1, 0.15) is 0 Å². The van der Waals surface area contributed by atoms with Crippen molar-refractivity contribution >= 4 is 35.1 Å². The minimum absolute atomic E-state index is 0.430. The van der Waals surface area contributed by atoms with E-state index in [0.29, 0.717) is 0 Å². The van der Waals surface area contributed by atoms with Crippen LogP contribution >= 0.6 is 11.8 Å². The first-order valence-corrected chi connectivity index (χ1v) is 16.6. The summed E-state index contributed by atoms with van der Waals surface area (Å²) >= 11 is 1.90. The molecule has 0 N–H and O–H groups in total. The first-order valence-electron chi connectivity index (χ1n) is 15.8. The number of rotatable bonds is 1. The molecule has 2 aliphatic heterocycles. The van der Waals surface area contributed by atoms with E-state index in [4.69, 9.17) is 9.31 Å². The molecule has 1 atom stereocenters. The first kappa shape index (κ1) is 27.2. The third-order valence-electron chi connectivity index (χ3n) is 10.6. The van der Waals surface area contributed by atoms with Crippen molar-refractivity contribution in [3.05, 3.63) is 150 Å². The Bertz CT molecular complexity index is 2170. The van der Waals surface area contributed by atoms with E-state index in [2.05, 4.69) is 155 Å². The van der Waals surface area contributed by atoms with Crippen LogP contribution in [0.15, 0.2) is 137 Å². The molecular formula is C41H33BO2S. The molecule has 3 aliphatic rings. The Morgan fingerprint density at radius 1 is 0.511 bits per heavy atom. The topological polar surface area (TPSA) is 18.5 Å². The van der Waals surface area contributed by atoms with Crippen LogP contribution in [0.1, 0.15) is 49.9 Å². The van der Waals surface area contributed by atoms with Gasteiger partial charge in [0.2, 0.25) is 0 Å². The van der Waals surface area contributed by atoms with Gasteiger partial charge in [-0.15, -0.1) is 0 Å². The Hall–Kier alpha value is -4.09. The van der Waals surface area contributed by atoms with Gasteiger partial charge in [-0.2, -0.15) is 0 Å². The van der Waals surface area contributed by atoms with Crippen LogP contribution in [0.4, 0.5) is 0 Å². The highest BCUT2D eigenvalue weighted by Gasteiger charge is 2.53. The number of fused-ring (bicyclic) bond motifs is 13. The molecule has 0 bridgehead atoms. The highest BCUT2D eigenvalue weighted by Crippen LogP contribution is 2.61. The molecule has 1 saturated heterocycles. The van der Waals surface area contributed by atoms with Gasteiger partial charge in [0, 0.05) is 9.79 Å². The van der Waals surface area contributed by atoms with E-state index in [1.165, 1.54) is 65.1 Å². The van der Waals surface area contributed by atoms with Crippen LogP contribution in [0.25, 0.3) is 33.0 Å². The lowest BCUT2D eigenvalue weighted by atomic mass is 9.61. The molecule has 6 aromatic carbocycles. The molecule has 6 aromatic rings. The minimum atomic E-state index is -0.578. The molecule has 2 heterocycles. The SMILES string of the molecule is CC1(C)OB(c2ccc3c(c2)C2(c4ccccc4Sc4c2ccc2ccccc42)c2ccccc2-c2ccccc2-3)OC1(C)C. The van der Waals surface area contributed by atoms with E-state index in [9.17, 15) is 0 Å². The summed E-state index contributed by atoms with van der Waals surface area (Å²) in [5, 5.41) is 2.55. The molecule has 1 aliphatic carbocycles. The molecule has 0 saturated carbocycles. The van der Waals surface area contributed by atoms with E-state index < -0.39 is 23.7 Å². The summed E-state index contributed by atoms with van der Waals surface area (Å²) in [6.45, 7) is 8.50. The van der Waals surface area contributed by atoms with Crippen LogP contribution in [0, 0.1) is 0 Å². The lowest BCUT2D eigenvalue weighted by molar-refractivity contribution is 0.00578. The van der Waals surface area contributed by atoms with Crippen molar-refractivity contribution in [2.24, 2.45) is 0 Å². The van der Waals surface area contributed by atoms with Gasteiger partial charge in [0.15, 0.2) is 0 Å². The molecule has 4 heteroatoms. The standard InChI is InChI=1S/C41H33BO2S/c1-39(2)40(3,4)44-42(43-39)27-22-23-32-30-16-8-7-15-29(30)31-17-9-10-18-33(31)41(36(32)25-27)34-19-11-12-20-37(34)45-38-28-14-6-5-13-26(28)21-24-35(38)41/h5-25H,1-4H3. The molecule has 1 unspecified atom stereocenters. The molecular weight excluding hydrogens is 567 g/mol. The fourth-order valence-corrected chi connectivity index (χ4v) is 9.05. The van der Waals surface area contributed by atoms with Crippen molar-refractivity contribution in [2.45, 2.75) is 54.1 Å². The predicted molar refractivity (Wildman–Crippen MR) is 187 cm³/mol. The molecule has 1 fully saturated rings. The Morgan fingerprint density at radius 2 is 1.11 bits per heavy atom. The Kier molecular flexibility index (Phi) is 5.73. The summed E-state index contributed by atoms with van der Waals surface area (Å²) in [6.07, 6.45) is 0. The Labute approximate surface area is 269 Å². The van der Waals surface area contributed by atoms with Gasteiger partial charge in [-0.3, -0.25) is 0 Å². The van der Waals surface area contributed by atoms with Gasteiger partial charge in [0.05, 0.1) is 16.6 Å². The van der Waals surface area contributed by atoms with Gasteiger partial charge in [0.25, 0.3) is 0 Å². The molecule has 45 heavy (non-hydrogen) atoms. The van der Waals surface area contributed by atoms with Crippen LogP contribution in [0.3, 0.4) is 0 Å². The molecule has 2 nitrogen and oxygen atoms in total. The lowest BCUT2D eigenvalue weighted by Crippen LogP contribution is -2.41. The summed E-state index contributed by atoms with van der Waals surface area (Å²) < 4.78 is 13.3. The second kappa shape index (κ2) is 9.46. The maximum absolute atomic E-state index is 6.66. The quantitative estimate of drug-likeness (QED) is 0.175. The van der Waals surface area contributed by atoms with Crippen molar-refractivity contribution in [2.75, 3.05) is 0 Å². The second-order valence-corrected chi connectivity index (χ2v) is 14.5. The lowest BCUT2D eigenvalue weighted by Gasteiger charge is -2.43. The average Bonchev–Trinajstić information content (AvgIpc) is 3.22. The van der Waals surface area contributed by atoms with E-state index in [1.54, 1.807) is 0 Å². The highest BCUT2D eigenvalue weighted by atomic mass is 32.2. The zero-order chi connectivity index (χ0) is 30.6. The van der Waals surface area contributed by atoms with Gasteiger partial charge in [-0.05, 0) is 94.5 Å². The molecule has 0 aromatic heterocycles. The maximum Gasteiger partial charge on any atom is 0.494 e. The fourth-order valence-electron chi connectivity index (χ4n) is 7.72. The van der Waals surface area contributed by atoms with Crippen LogP contribution in [-0.2, 0) is 14.7 Å². The van der Waals surface area contributed by atoms with Crippen LogP contribution in [0.2, 0.25) is 0 Å². The molecule has 218 valence electrons. The van der Waals surface area contributed by atoms with Crippen molar-refractivity contribution in [3.8, 4) is 22.3 Å². The van der Waals surface area contributed by atoms with Gasteiger partial charge >= 0.3 is 7.12 Å². The van der Waals surface area contributed by atoms with E-state index in [1.807, 2.05) is 11.8 Å². The summed E-state index contributed by atoms with van der Waals surface area (Å²) in [5.41, 5.74) is 9.80. The number of hydrogen-bond acceptors (Lipinski definition) is 3. The van der Waals surface area contributed by atoms with E-state index in [-0.39, 0.29) is 0 Å². The number of benzene rings is 6. The van der Waals surface area contributed by atoms with Crippen molar-refractivity contribution in [1.29, 1.82) is 0 Å². The maximum atomic E-state index is 6.66. The zero-order valence-electron chi connectivity index (χ0n) is 25.9. The predicted octanol–water partition coefficient (Wildman–Crippen LogP) is 9.63. The van der Waals surface area contributed by atoms with Gasteiger partial charge in [-0.1, -0.05) is 133 Å². The zero-order valence-corrected chi connectivity index (χ0v) is 26.7. The summed E-state index contributed by atoms with van der Waals surface area (Å²) in [5.74, 6) is 0. The Balaban J connectivity index is 1.46. The third kappa shape index (κ3) is 3.68. The third-order valence-corrected chi connectivity index (χ3v) is 11.8. The molecule has 0 radical (unpaired) electrons. The molecule has 9 rings (SSSR count). The van der Waals surface area contributed by atoms with Crippen molar-refractivity contribution in [1.82, 2.24) is 0 Å². The second-order valence-electron chi connectivity index (χ2n) is 13.5. The monoisotopic (exact) mass is 600 g/mol. The summed E-state index contributed by atoms with van der Waals surface area (Å²) in [4.78, 5) is 2.61. The van der Waals surface area contributed by atoms with Gasteiger partial charge in [-0.25, -0.2) is 0 Å². The highest BCUT2D eigenvalue weighted by molar-refractivity contribution is 7.99. The smallest absolute Gasteiger partial charge is 0.399 e. The van der Waals surface area contributed by atoms with Crippen LogP contribution < -0.4 is 5.46 Å². The van der Waals surface area contributed by atoms with E-state index >= 15 is 0 Å². The van der Waals surface area contributed by atoms with Crippen molar-refractivity contribution < 1.29 is 9.31 Å². The normalized spacial score (nSPS) is 20.1. The van der Waals surface area contributed by atoms with E-state index in [0.717, 1.165) is 5.46 Å². The minimum Gasteiger partial charge on any atom is -0.399 e. The average molecular weight is 601 g/mol. The molecule has 1 spiro atoms. The first-order chi connectivity index (χ1) is 21.8. The van der Waals surface area contributed by atoms with Crippen molar-refractivity contribution in [3.63, 3.8) is 0 Å². The van der Waals surface area contributed by atoms with Crippen LogP contribution in [0.5, 0.6) is 0 Å². The van der Waals surface area contributed by atoms with Gasteiger partial charge < -0.3 is 9.31 Å². The number of hydrogen-bond donors (Lipinski definition) is 0. The molecule has 0 amide bonds. The Morgan fingerprint density at radius 3 is 1.87 bits per heavy atom.